The number of rotatable bonds is 1. The highest BCUT2D eigenvalue weighted by Gasteiger charge is 2.59. The van der Waals surface area contributed by atoms with Crippen LogP contribution in [0.5, 0.6) is 0 Å². The van der Waals surface area contributed by atoms with Crippen molar-refractivity contribution >= 4 is 23.6 Å². The first-order valence-electron chi connectivity index (χ1n) is 7.38. The third-order valence-corrected chi connectivity index (χ3v) is 7.39. The molecule has 5 heteroatoms. The Bertz CT molecular complexity index is 488. The fourth-order valence-corrected chi connectivity index (χ4v) is 5.02. The van der Waals surface area contributed by atoms with Crippen LogP contribution in [0.3, 0.4) is 0 Å². The van der Waals surface area contributed by atoms with E-state index in [2.05, 4.69) is 34.6 Å². The average molecular weight is 296 g/mol. The van der Waals surface area contributed by atoms with Gasteiger partial charge in [-0.3, -0.25) is 9.59 Å². The maximum atomic E-state index is 12.9. The fourth-order valence-electron chi connectivity index (χ4n) is 3.60. The summed E-state index contributed by atoms with van der Waals surface area (Å²) in [6, 6.07) is -0.254. The van der Waals surface area contributed by atoms with Gasteiger partial charge in [0.15, 0.2) is 0 Å². The second kappa shape index (κ2) is 3.93. The molecule has 4 nitrogen and oxygen atoms in total. The van der Waals surface area contributed by atoms with Crippen LogP contribution in [0.2, 0.25) is 0 Å². The second-order valence-electron chi connectivity index (χ2n) is 7.63. The van der Waals surface area contributed by atoms with Crippen molar-refractivity contribution in [2.24, 2.45) is 5.41 Å². The molecular formula is C15H24N2O2S. The van der Waals surface area contributed by atoms with E-state index in [9.17, 15) is 9.59 Å². The van der Waals surface area contributed by atoms with Gasteiger partial charge in [-0.2, -0.15) is 0 Å². The standard InChI is InChI=1S/C15H24N2O2S/c1-13(2)9-16(14(13,3)4)12(19)10-8-20-15(5)7-6-11(18)17(10)15/h10H,6-9H2,1-5H3. The van der Waals surface area contributed by atoms with Crippen LogP contribution in [0.1, 0.15) is 47.5 Å². The quantitative estimate of drug-likeness (QED) is 0.744. The zero-order chi connectivity index (χ0) is 14.9. The molecule has 3 rings (SSSR count). The summed E-state index contributed by atoms with van der Waals surface area (Å²) in [5.41, 5.74) is 0.0171. The molecule has 2 atom stereocenters. The van der Waals surface area contributed by atoms with E-state index >= 15 is 0 Å². The van der Waals surface area contributed by atoms with E-state index < -0.39 is 0 Å². The minimum atomic E-state index is -0.254. The lowest BCUT2D eigenvalue weighted by molar-refractivity contribution is -0.173. The predicted octanol–water partition coefficient (Wildman–Crippen LogP) is 2.09. The molecule has 2 amide bonds. The normalized spacial score (nSPS) is 37.9. The van der Waals surface area contributed by atoms with Gasteiger partial charge in [0.25, 0.3) is 0 Å². The smallest absolute Gasteiger partial charge is 0.246 e. The SMILES string of the molecule is CC12CCC(=O)N1C(C(=O)N1CC(C)(C)C1(C)C)CS2. The molecule has 0 aromatic heterocycles. The second-order valence-corrected chi connectivity index (χ2v) is 9.13. The lowest BCUT2D eigenvalue weighted by Crippen LogP contribution is -2.73. The Morgan fingerprint density at radius 3 is 2.45 bits per heavy atom. The zero-order valence-electron chi connectivity index (χ0n) is 13.0. The molecule has 3 aliphatic rings. The summed E-state index contributed by atoms with van der Waals surface area (Å²) >= 11 is 1.77. The number of amides is 2. The lowest BCUT2D eigenvalue weighted by Gasteiger charge is -2.62. The van der Waals surface area contributed by atoms with Crippen molar-refractivity contribution in [2.75, 3.05) is 12.3 Å². The van der Waals surface area contributed by atoms with Crippen LogP contribution in [-0.4, -0.2) is 50.4 Å². The summed E-state index contributed by atoms with van der Waals surface area (Å²) in [5.74, 6) is 1.03. The number of hydrogen-bond acceptors (Lipinski definition) is 3. The van der Waals surface area contributed by atoms with E-state index in [-0.39, 0.29) is 33.7 Å². The van der Waals surface area contributed by atoms with Crippen LogP contribution in [0.25, 0.3) is 0 Å². The summed E-state index contributed by atoms with van der Waals surface area (Å²) in [4.78, 5) is 28.7. The molecule has 112 valence electrons. The van der Waals surface area contributed by atoms with E-state index in [1.54, 1.807) is 11.8 Å². The van der Waals surface area contributed by atoms with Crippen molar-refractivity contribution < 1.29 is 9.59 Å². The predicted molar refractivity (Wildman–Crippen MR) is 80.3 cm³/mol. The molecule has 3 heterocycles. The lowest BCUT2D eigenvalue weighted by atomic mass is 9.65. The summed E-state index contributed by atoms with van der Waals surface area (Å²) in [6.07, 6.45) is 1.46. The monoisotopic (exact) mass is 296 g/mol. The zero-order valence-corrected chi connectivity index (χ0v) is 13.8. The third kappa shape index (κ3) is 1.62. The van der Waals surface area contributed by atoms with Crippen molar-refractivity contribution in [3.8, 4) is 0 Å². The number of fused-ring (bicyclic) bond motifs is 1. The number of nitrogens with zero attached hydrogens (tertiary/aromatic N) is 2. The van der Waals surface area contributed by atoms with Crippen molar-refractivity contribution in [1.29, 1.82) is 0 Å². The molecule has 3 fully saturated rings. The molecule has 0 aromatic rings. The van der Waals surface area contributed by atoms with E-state index in [1.165, 1.54) is 0 Å². The molecule has 3 saturated heterocycles. The van der Waals surface area contributed by atoms with Gasteiger partial charge in [0.2, 0.25) is 11.8 Å². The Morgan fingerprint density at radius 1 is 1.25 bits per heavy atom. The average Bonchev–Trinajstić information content (AvgIpc) is 2.83. The molecular weight excluding hydrogens is 272 g/mol. The Labute approximate surface area is 125 Å². The Kier molecular flexibility index (Phi) is 2.80. The molecule has 20 heavy (non-hydrogen) atoms. The Balaban J connectivity index is 1.82. The highest BCUT2D eigenvalue weighted by Crippen LogP contribution is 2.51. The molecule has 0 bridgehead atoms. The van der Waals surface area contributed by atoms with Gasteiger partial charge >= 0.3 is 0 Å². The first kappa shape index (κ1) is 14.2. The van der Waals surface area contributed by atoms with E-state index in [1.807, 2.05) is 9.80 Å². The Hall–Kier alpha value is -0.710. The molecule has 0 aliphatic carbocycles. The minimum absolute atomic E-state index is 0.128. The number of carbonyl (C=O) groups excluding carboxylic acids is 2. The van der Waals surface area contributed by atoms with Gasteiger partial charge in [-0.05, 0) is 27.2 Å². The summed E-state index contributed by atoms with van der Waals surface area (Å²) in [7, 11) is 0. The highest BCUT2D eigenvalue weighted by atomic mass is 32.2. The summed E-state index contributed by atoms with van der Waals surface area (Å²) < 4.78 is 0. The number of likely N-dealkylation sites (tertiary alicyclic amines) is 1. The summed E-state index contributed by atoms with van der Waals surface area (Å²) in [5, 5.41) is 0. The van der Waals surface area contributed by atoms with Crippen LogP contribution < -0.4 is 0 Å². The molecule has 0 spiro atoms. The maximum absolute atomic E-state index is 12.9. The summed E-state index contributed by atoms with van der Waals surface area (Å²) in [6.45, 7) is 11.5. The minimum Gasteiger partial charge on any atom is -0.335 e. The molecule has 0 radical (unpaired) electrons. The van der Waals surface area contributed by atoms with Crippen LogP contribution in [0.15, 0.2) is 0 Å². The van der Waals surface area contributed by atoms with E-state index in [0.717, 1.165) is 18.7 Å². The molecule has 0 aromatic carbocycles. The van der Waals surface area contributed by atoms with Gasteiger partial charge < -0.3 is 9.80 Å². The van der Waals surface area contributed by atoms with Crippen LogP contribution in [0, 0.1) is 5.41 Å². The van der Waals surface area contributed by atoms with Gasteiger partial charge in [-0.15, -0.1) is 11.8 Å². The third-order valence-electron chi connectivity index (χ3n) is 5.88. The number of carbonyl (C=O) groups is 2. The highest BCUT2D eigenvalue weighted by molar-refractivity contribution is 8.01. The van der Waals surface area contributed by atoms with Crippen molar-refractivity contribution in [2.45, 2.75) is 63.9 Å². The van der Waals surface area contributed by atoms with Crippen LogP contribution in [-0.2, 0) is 9.59 Å². The number of thioether (sulfide) groups is 1. The van der Waals surface area contributed by atoms with Gasteiger partial charge in [0.1, 0.15) is 6.04 Å². The Morgan fingerprint density at radius 2 is 1.90 bits per heavy atom. The van der Waals surface area contributed by atoms with Crippen LogP contribution in [0.4, 0.5) is 0 Å². The fraction of sp³-hybridized carbons (Fsp3) is 0.867. The van der Waals surface area contributed by atoms with Gasteiger partial charge in [0, 0.05) is 29.7 Å². The molecule has 0 N–H and O–H groups in total. The van der Waals surface area contributed by atoms with Crippen molar-refractivity contribution in [3.05, 3.63) is 0 Å². The van der Waals surface area contributed by atoms with E-state index in [4.69, 9.17) is 0 Å². The molecule has 2 unspecified atom stereocenters. The van der Waals surface area contributed by atoms with E-state index in [0.29, 0.717) is 6.42 Å². The largest absolute Gasteiger partial charge is 0.335 e. The molecule has 3 aliphatic heterocycles. The van der Waals surface area contributed by atoms with Gasteiger partial charge in [-0.25, -0.2) is 0 Å². The van der Waals surface area contributed by atoms with Crippen molar-refractivity contribution in [3.63, 3.8) is 0 Å². The topological polar surface area (TPSA) is 40.6 Å². The maximum Gasteiger partial charge on any atom is 0.246 e. The van der Waals surface area contributed by atoms with Gasteiger partial charge in [-0.1, -0.05) is 13.8 Å². The first-order valence-corrected chi connectivity index (χ1v) is 8.36. The molecule has 0 saturated carbocycles. The van der Waals surface area contributed by atoms with Crippen molar-refractivity contribution in [1.82, 2.24) is 9.80 Å². The van der Waals surface area contributed by atoms with Crippen LogP contribution >= 0.6 is 11.8 Å². The number of hydrogen-bond donors (Lipinski definition) is 0. The first-order chi connectivity index (χ1) is 9.10. The van der Waals surface area contributed by atoms with Gasteiger partial charge in [0.05, 0.1) is 4.87 Å².